The van der Waals surface area contributed by atoms with Crippen LogP contribution in [0.4, 0.5) is 0 Å². The summed E-state index contributed by atoms with van der Waals surface area (Å²) < 4.78 is 5.53. The largest absolute Gasteiger partial charge is 0.355 e. The number of halogens is 8. The fourth-order valence-electron chi connectivity index (χ4n) is 2.99. The number of hydrogen-bond donors (Lipinski definition) is 5. The Morgan fingerprint density at radius 2 is 0.737 bits per heavy atom. The molecule has 2 aromatic rings. The molecule has 0 aliphatic carbocycles. The van der Waals surface area contributed by atoms with E-state index in [4.69, 9.17) is 5.73 Å². The van der Waals surface area contributed by atoms with Crippen molar-refractivity contribution in [1.29, 1.82) is 0 Å². The third-order valence-corrected chi connectivity index (χ3v) is 17.5. The number of nitrogens with two attached hydrogens (primary N) is 1. The smallest absolute Gasteiger partial charge is 0.253 e. The zero-order valence-corrected chi connectivity index (χ0v) is 36.3. The highest BCUT2D eigenvalue weighted by Gasteiger charge is 2.28. The van der Waals surface area contributed by atoms with Crippen molar-refractivity contribution < 1.29 is 19.2 Å². The second-order valence-electron chi connectivity index (χ2n) is 7.15. The topological polar surface area (TPSA) is 142 Å². The van der Waals surface area contributed by atoms with Gasteiger partial charge in [-0.3, -0.25) is 19.2 Å². The SMILES string of the molecule is CNC(=O)c1c(I)c(I)c(C(=O)NCCNC(=O)c2c(I)c(I)c(C(=O)NCCN)c(I)c2I)c(I)c1I. The van der Waals surface area contributed by atoms with E-state index in [-0.39, 0.29) is 36.7 Å². The molecule has 0 unspecified atom stereocenters. The summed E-state index contributed by atoms with van der Waals surface area (Å²) in [5.41, 5.74) is 7.55. The Labute approximate surface area is 328 Å². The number of carbonyl (C=O) groups excluding carboxylic acids is 4. The van der Waals surface area contributed by atoms with Gasteiger partial charge in [0.25, 0.3) is 23.6 Å². The maximum Gasteiger partial charge on any atom is 0.253 e. The van der Waals surface area contributed by atoms with E-state index in [0.717, 1.165) is 0 Å². The highest BCUT2D eigenvalue weighted by atomic mass is 127. The van der Waals surface area contributed by atoms with E-state index in [2.05, 4.69) is 202 Å². The Morgan fingerprint density at radius 3 is 0.974 bits per heavy atom. The van der Waals surface area contributed by atoms with Crippen LogP contribution in [0, 0.1) is 28.6 Å². The van der Waals surface area contributed by atoms with Crippen LogP contribution in [-0.4, -0.2) is 56.9 Å². The van der Waals surface area contributed by atoms with E-state index in [1.807, 2.05) is 0 Å². The molecule has 0 bridgehead atoms. The molecule has 0 spiro atoms. The molecule has 0 atom stereocenters. The van der Waals surface area contributed by atoms with Crippen molar-refractivity contribution >= 4 is 204 Å². The number of hydrogen-bond acceptors (Lipinski definition) is 5. The molecule has 17 heteroatoms. The molecule has 38 heavy (non-hydrogen) atoms. The Kier molecular flexibility index (Phi) is 16.1. The zero-order valence-electron chi connectivity index (χ0n) is 19.1. The van der Waals surface area contributed by atoms with Gasteiger partial charge in [-0.25, -0.2) is 0 Å². The minimum absolute atomic E-state index is 0.206. The first kappa shape index (κ1) is 36.3. The van der Waals surface area contributed by atoms with E-state index < -0.39 is 0 Å². The fourth-order valence-corrected chi connectivity index (χ4v) is 11.3. The summed E-state index contributed by atoms with van der Waals surface area (Å²) in [5.74, 6) is -1.01. The first-order valence-corrected chi connectivity index (χ1v) is 18.9. The van der Waals surface area contributed by atoms with Crippen molar-refractivity contribution in [2.45, 2.75) is 0 Å². The molecular weight excluding hydrogens is 1400 g/mol. The highest BCUT2D eigenvalue weighted by molar-refractivity contribution is 14.1. The minimum Gasteiger partial charge on any atom is -0.355 e. The number of nitrogens with one attached hydrogen (secondary N) is 4. The van der Waals surface area contributed by atoms with E-state index in [1.54, 1.807) is 7.05 Å². The van der Waals surface area contributed by atoms with Crippen molar-refractivity contribution in [3.63, 3.8) is 0 Å². The number of benzene rings is 2. The maximum atomic E-state index is 13.1. The van der Waals surface area contributed by atoms with Gasteiger partial charge in [-0.2, -0.15) is 0 Å². The predicted molar refractivity (Wildman–Crippen MR) is 214 cm³/mol. The molecule has 0 saturated carbocycles. The highest BCUT2D eigenvalue weighted by Crippen LogP contribution is 2.34. The van der Waals surface area contributed by atoms with Crippen LogP contribution in [0.2, 0.25) is 0 Å². The van der Waals surface area contributed by atoms with Crippen LogP contribution in [0.1, 0.15) is 41.4 Å². The maximum absolute atomic E-state index is 13.1. The number of amides is 4. The molecule has 0 aromatic heterocycles. The molecule has 0 aliphatic rings. The quantitative estimate of drug-likeness (QED) is 0.140. The van der Waals surface area contributed by atoms with Crippen molar-refractivity contribution in [3.05, 3.63) is 50.8 Å². The molecule has 0 radical (unpaired) electrons. The van der Waals surface area contributed by atoms with Crippen LogP contribution in [-0.2, 0) is 0 Å². The Bertz CT molecular complexity index is 1260. The summed E-state index contributed by atoms with van der Waals surface area (Å²) in [6, 6.07) is 0. The third kappa shape index (κ3) is 8.39. The monoisotopic (exact) mass is 1420 g/mol. The summed E-state index contributed by atoms with van der Waals surface area (Å²) in [4.78, 5) is 51.1. The summed E-state index contributed by atoms with van der Waals surface area (Å²) in [6.07, 6.45) is 0. The van der Waals surface area contributed by atoms with Crippen LogP contribution < -0.4 is 27.0 Å². The van der Waals surface area contributed by atoms with Crippen molar-refractivity contribution in [1.82, 2.24) is 21.3 Å². The lowest BCUT2D eigenvalue weighted by molar-refractivity contribution is 0.0924. The van der Waals surface area contributed by atoms with Gasteiger partial charge in [0.05, 0.1) is 22.3 Å². The molecule has 2 aromatic carbocycles. The van der Waals surface area contributed by atoms with E-state index in [0.29, 0.717) is 63.9 Å². The fraction of sp³-hybridized carbons (Fsp3) is 0.238. The summed E-state index contributed by atoms with van der Waals surface area (Å²) >= 11 is 16.6. The first-order chi connectivity index (χ1) is 17.8. The lowest BCUT2D eigenvalue weighted by Crippen LogP contribution is -2.36. The molecule has 0 fully saturated rings. The Morgan fingerprint density at radius 1 is 0.500 bits per heavy atom. The molecule has 9 nitrogen and oxygen atoms in total. The molecule has 2 rings (SSSR count). The van der Waals surface area contributed by atoms with Gasteiger partial charge in [0.1, 0.15) is 0 Å². The van der Waals surface area contributed by atoms with Crippen molar-refractivity contribution in [3.8, 4) is 0 Å². The second kappa shape index (κ2) is 16.8. The summed E-state index contributed by atoms with van der Waals surface area (Å²) in [5, 5.41) is 11.1. The Balaban J connectivity index is 2.16. The van der Waals surface area contributed by atoms with Gasteiger partial charge in [-0.15, -0.1) is 0 Å². The van der Waals surface area contributed by atoms with Crippen LogP contribution in [0.25, 0.3) is 0 Å². The molecular formula is C21H17I8N5O4. The number of rotatable bonds is 9. The van der Waals surface area contributed by atoms with Crippen LogP contribution in [0.3, 0.4) is 0 Å². The van der Waals surface area contributed by atoms with Gasteiger partial charge < -0.3 is 27.0 Å². The van der Waals surface area contributed by atoms with Gasteiger partial charge in [0, 0.05) is 61.8 Å². The first-order valence-electron chi connectivity index (χ1n) is 10.3. The Hall–Kier alpha value is 2.12. The molecule has 0 saturated heterocycles. The molecule has 0 aliphatic heterocycles. The van der Waals surface area contributed by atoms with Gasteiger partial charge in [0.15, 0.2) is 0 Å². The van der Waals surface area contributed by atoms with Crippen LogP contribution in [0.5, 0.6) is 0 Å². The summed E-state index contributed by atoms with van der Waals surface area (Å²) in [6.45, 7) is 1.12. The van der Waals surface area contributed by atoms with E-state index >= 15 is 0 Å². The van der Waals surface area contributed by atoms with Crippen LogP contribution >= 0.6 is 181 Å². The average Bonchev–Trinajstić information content (AvgIpc) is 2.87. The standard InChI is InChI=1S/C21H17I8N5O4/c1-31-18(35)6-10(22)12(24)8(13(25)11(6)23)20(37)33-4-5-34-21(38)9-16(28)14(26)7(15(27)17(9)29)19(36)32-3-2-30/h2-5,30H2,1H3,(H,31,35)(H,32,36)(H,33,37)(H,34,38). The van der Waals surface area contributed by atoms with Crippen LogP contribution in [0.15, 0.2) is 0 Å². The van der Waals surface area contributed by atoms with Gasteiger partial charge >= 0.3 is 0 Å². The van der Waals surface area contributed by atoms with Crippen molar-refractivity contribution in [2.75, 3.05) is 33.2 Å². The normalized spacial score (nSPS) is 10.7. The van der Waals surface area contributed by atoms with Gasteiger partial charge in [-0.05, 0) is 181 Å². The minimum atomic E-state index is -0.291. The zero-order chi connectivity index (χ0) is 28.9. The molecule has 6 N–H and O–H groups in total. The molecule has 4 amide bonds. The van der Waals surface area contributed by atoms with Gasteiger partial charge in [0.2, 0.25) is 0 Å². The lowest BCUT2D eigenvalue weighted by atomic mass is 10.1. The average molecular weight is 1420 g/mol. The van der Waals surface area contributed by atoms with E-state index in [9.17, 15) is 19.2 Å². The lowest BCUT2D eigenvalue weighted by Gasteiger charge is -2.17. The molecule has 0 heterocycles. The summed E-state index contributed by atoms with van der Waals surface area (Å²) in [7, 11) is 1.57. The third-order valence-electron chi connectivity index (χ3n) is 4.79. The second-order valence-corrected chi connectivity index (χ2v) is 15.8. The molecule has 206 valence electrons. The van der Waals surface area contributed by atoms with E-state index in [1.165, 1.54) is 0 Å². The predicted octanol–water partition coefficient (Wildman–Crippen LogP) is 4.73. The van der Waals surface area contributed by atoms with Gasteiger partial charge in [-0.1, -0.05) is 0 Å². The van der Waals surface area contributed by atoms with Crippen molar-refractivity contribution in [2.24, 2.45) is 5.73 Å². The number of carbonyl (C=O) groups is 4.